The zero-order valence-electron chi connectivity index (χ0n) is 14.5. The van der Waals surface area contributed by atoms with Crippen molar-refractivity contribution < 1.29 is 9.59 Å². The number of amides is 2. The molecule has 2 amide bonds. The number of nitrogens with one attached hydrogen (secondary N) is 1. The summed E-state index contributed by atoms with van der Waals surface area (Å²) in [7, 11) is 0. The van der Waals surface area contributed by atoms with E-state index in [1.54, 1.807) is 24.3 Å². The second-order valence-electron chi connectivity index (χ2n) is 7.07. The molecule has 0 aromatic heterocycles. The highest BCUT2D eigenvalue weighted by atomic mass is 35.5. The lowest BCUT2D eigenvalue weighted by atomic mass is 10.1. The second kappa shape index (κ2) is 7.12. The Morgan fingerprint density at radius 3 is 2.27 bits per heavy atom. The molecule has 1 saturated carbocycles. The van der Waals surface area contributed by atoms with Crippen LogP contribution in [0.25, 0.3) is 0 Å². The summed E-state index contributed by atoms with van der Waals surface area (Å²) in [5.41, 5.74) is 2.56. The number of rotatable bonds is 4. The Kier molecular flexibility index (Phi) is 4.68. The molecule has 0 bridgehead atoms. The van der Waals surface area contributed by atoms with Crippen molar-refractivity contribution in [2.75, 3.05) is 18.4 Å². The van der Waals surface area contributed by atoms with E-state index in [4.69, 9.17) is 11.6 Å². The summed E-state index contributed by atoms with van der Waals surface area (Å²) < 4.78 is 0. The van der Waals surface area contributed by atoms with Gasteiger partial charge in [-0.25, -0.2) is 0 Å². The Labute approximate surface area is 158 Å². The quantitative estimate of drug-likeness (QED) is 0.873. The molecule has 134 valence electrons. The van der Waals surface area contributed by atoms with E-state index in [1.807, 2.05) is 29.2 Å². The molecule has 1 heterocycles. The zero-order valence-corrected chi connectivity index (χ0v) is 15.2. The Hall–Kier alpha value is -2.33. The van der Waals surface area contributed by atoms with Crippen LogP contribution in [0.4, 0.5) is 5.69 Å². The molecule has 1 N–H and O–H groups in total. The van der Waals surface area contributed by atoms with Gasteiger partial charge in [0.2, 0.25) is 5.91 Å². The molecule has 0 spiro atoms. The molecule has 26 heavy (non-hydrogen) atoms. The van der Waals surface area contributed by atoms with Gasteiger partial charge >= 0.3 is 0 Å². The molecule has 1 saturated heterocycles. The van der Waals surface area contributed by atoms with Crippen LogP contribution in [0.2, 0.25) is 5.02 Å². The third kappa shape index (κ3) is 3.61. The first-order valence-corrected chi connectivity index (χ1v) is 9.45. The molecule has 2 fully saturated rings. The maximum absolute atomic E-state index is 12.4. The number of hydrogen-bond acceptors (Lipinski definition) is 2. The molecule has 5 heteroatoms. The van der Waals surface area contributed by atoms with Crippen LogP contribution >= 0.6 is 11.6 Å². The largest absolute Gasteiger partial charge is 0.339 e. The van der Waals surface area contributed by atoms with Gasteiger partial charge in [0.15, 0.2) is 0 Å². The van der Waals surface area contributed by atoms with Crippen molar-refractivity contribution in [3.05, 3.63) is 64.7 Å². The first-order chi connectivity index (χ1) is 12.6. The van der Waals surface area contributed by atoms with Crippen molar-refractivity contribution in [2.45, 2.75) is 25.2 Å². The molecule has 2 atom stereocenters. The predicted molar refractivity (Wildman–Crippen MR) is 103 cm³/mol. The van der Waals surface area contributed by atoms with Gasteiger partial charge in [-0.3, -0.25) is 9.59 Å². The summed E-state index contributed by atoms with van der Waals surface area (Å²) in [4.78, 5) is 26.7. The van der Waals surface area contributed by atoms with Gasteiger partial charge in [-0.15, -0.1) is 0 Å². The molecule has 1 aliphatic heterocycles. The first kappa shape index (κ1) is 17.1. The van der Waals surface area contributed by atoms with Crippen LogP contribution in [0.1, 0.15) is 41.1 Å². The summed E-state index contributed by atoms with van der Waals surface area (Å²) in [6.45, 7) is 1.68. The van der Waals surface area contributed by atoms with Crippen molar-refractivity contribution >= 4 is 29.1 Å². The van der Waals surface area contributed by atoms with Crippen molar-refractivity contribution in [3.8, 4) is 0 Å². The predicted octanol–water partition coefficient (Wildman–Crippen LogP) is 4.32. The highest BCUT2D eigenvalue weighted by molar-refractivity contribution is 6.30. The van der Waals surface area contributed by atoms with Crippen molar-refractivity contribution in [1.29, 1.82) is 0 Å². The van der Waals surface area contributed by atoms with Gasteiger partial charge in [-0.1, -0.05) is 23.7 Å². The number of hydrogen-bond donors (Lipinski definition) is 1. The highest BCUT2D eigenvalue weighted by Crippen LogP contribution is 2.48. The number of nitrogens with zero attached hydrogens (tertiary/aromatic N) is 1. The number of anilines is 1. The third-order valence-corrected chi connectivity index (χ3v) is 5.47. The van der Waals surface area contributed by atoms with Crippen LogP contribution in [0, 0.1) is 5.92 Å². The fourth-order valence-electron chi connectivity index (χ4n) is 3.60. The molecule has 2 unspecified atom stereocenters. The van der Waals surface area contributed by atoms with E-state index >= 15 is 0 Å². The van der Waals surface area contributed by atoms with Crippen LogP contribution in [0.15, 0.2) is 48.5 Å². The van der Waals surface area contributed by atoms with Crippen LogP contribution in [0.5, 0.6) is 0 Å². The molecule has 2 aliphatic rings. The van der Waals surface area contributed by atoms with Gasteiger partial charge < -0.3 is 10.2 Å². The van der Waals surface area contributed by atoms with Gasteiger partial charge in [0.25, 0.3) is 5.91 Å². The number of benzene rings is 2. The Bertz CT molecular complexity index is 811. The molecular formula is C21H21ClN2O2. The SMILES string of the molecule is O=C(Nc1ccc(C(=O)N2CCCC2)cc1)C1CC1c1ccc(Cl)cc1. The molecule has 0 radical (unpaired) electrons. The fourth-order valence-corrected chi connectivity index (χ4v) is 3.72. The minimum absolute atomic E-state index is 0.00193. The van der Waals surface area contributed by atoms with Crippen LogP contribution in [-0.4, -0.2) is 29.8 Å². The molecule has 4 rings (SSSR count). The topological polar surface area (TPSA) is 49.4 Å². The Morgan fingerprint density at radius 1 is 0.962 bits per heavy atom. The van der Waals surface area contributed by atoms with Crippen LogP contribution in [0.3, 0.4) is 0 Å². The van der Waals surface area contributed by atoms with Gasteiger partial charge in [-0.2, -0.15) is 0 Å². The van der Waals surface area contributed by atoms with E-state index in [0.29, 0.717) is 10.6 Å². The molecule has 1 aliphatic carbocycles. The van der Waals surface area contributed by atoms with Crippen LogP contribution in [-0.2, 0) is 4.79 Å². The summed E-state index contributed by atoms with van der Waals surface area (Å²) in [6.07, 6.45) is 3.02. The second-order valence-corrected chi connectivity index (χ2v) is 7.50. The van der Waals surface area contributed by atoms with E-state index in [-0.39, 0.29) is 23.7 Å². The number of carbonyl (C=O) groups excluding carboxylic acids is 2. The summed E-state index contributed by atoms with van der Waals surface area (Å²) in [5, 5.41) is 3.67. The smallest absolute Gasteiger partial charge is 0.253 e. The van der Waals surface area contributed by atoms with Gasteiger partial charge in [0.05, 0.1) is 0 Å². The van der Waals surface area contributed by atoms with Crippen molar-refractivity contribution in [1.82, 2.24) is 4.90 Å². The van der Waals surface area contributed by atoms with E-state index in [9.17, 15) is 9.59 Å². The Balaban J connectivity index is 1.35. The lowest BCUT2D eigenvalue weighted by molar-refractivity contribution is -0.117. The first-order valence-electron chi connectivity index (χ1n) is 9.07. The summed E-state index contributed by atoms with van der Waals surface area (Å²) >= 11 is 5.91. The lowest BCUT2D eigenvalue weighted by Crippen LogP contribution is -2.27. The number of carbonyl (C=O) groups is 2. The zero-order chi connectivity index (χ0) is 18.1. The third-order valence-electron chi connectivity index (χ3n) is 5.22. The molecule has 2 aromatic carbocycles. The van der Waals surface area contributed by atoms with Crippen molar-refractivity contribution in [2.24, 2.45) is 5.92 Å². The van der Waals surface area contributed by atoms with Crippen LogP contribution < -0.4 is 5.32 Å². The average molecular weight is 369 g/mol. The van der Waals surface area contributed by atoms with E-state index in [2.05, 4.69) is 5.32 Å². The Morgan fingerprint density at radius 2 is 1.62 bits per heavy atom. The van der Waals surface area contributed by atoms with Gasteiger partial charge in [0.1, 0.15) is 0 Å². The minimum atomic E-state index is 0.00193. The van der Waals surface area contributed by atoms with E-state index in [1.165, 1.54) is 0 Å². The summed E-state index contributed by atoms with van der Waals surface area (Å²) in [6, 6.07) is 14.9. The molecular weight excluding hydrogens is 348 g/mol. The normalized spacial score (nSPS) is 21.5. The van der Waals surface area contributed by atoms with Crippen molar-refractivity contribution in [3.63, 3.8) is 0 Å². The lowest BCUT2D eigenvalue weighted by Gasteiger charge is -2.15. The monoisotopic (exact) mass is 368 g/mol. The number of halogens is 1. The maximum Gasteiger partial charge on any atom is 0.253 e. The molecule has 4 nitrogen and oxygen atoms in total. The maximum atomic E-state index is 12.4. The fraction of sp³-hybridized carbons (Fsp3) is 0.333. The van der Waals surface area contributed by atoms with E-state index in [0.717, 1.165) is 43.6 Å². The standard InChI is InChI=1S/C21H21ClN2O2/c22-16-7-3-14(4-8-16)18-13-19(18)20(25)23-17-9-5-15(6-10-17)21(26)24-11-1-2-12-24/h3-10,18-19H,1-2,11-13H2,(H,23,25). The highest BCUT2D eigenvalue weighted by Gasteiger charge is 2.43. The minimum Gasteiger partial charge on any atom is -0.339 e. The van der Waals surface area contributed by atoms with Gasteiger partial charge in [0, 0.05) is 35.3 Å². The van der Waals surface area contributed by atoms with Gasteiger partial charge in [-0.05, 0) is 67.1 Å². The molecule has 2 aromatic rings. The van der Waals surface area contributed by atoms with E-state index < -0.39 is 0 Å². The summed E-state index contributed by atoms with van der Waals surface area (Å²) in [5.74, 6) is 0.374. The average Bonchev–Trinajstić information content (AvgIpc) is 3.27. The number of likely N-dealkylation sites (tertiary alicyclic amines) is 1.